The van der Waals surface area contributed by atoms with Crippen LogP contribution in [-0.2, 0) is 24.3 Å². The number of primary amides is 1. The molecular weight excluding hydrogens is 436 g/mol. The lowest BCUT2D eigenvalue weighted by molar-refractivity contribution is -0.117. The quantitative estimate of drug-likeness (QED) is 0.502. The summed E-state index contributed by atoms with van der Waals surface area (Å²) >= 11 is 6.18. The molecule has 0 aliphatic heterocycles. The van der Waals surface area contributed by atoms with Crippen molar-refractivity contribution >= 4 is 29.1 Å². The SMILES string of the molecule is NC(=O)Cc1ccc(CNc2ncnc(N(Cc3c(F)cccc3Cl)C3CC3)c2F)cc1. The summed E-state index contributed by atoms with van der Waals surface area (Å²) < 4.78 is 29.6. The summed E-state index contributed by atoms with van der Waals surface area (Å²) in [5, 5.41) is 3.28. The monoisotopic (exact) mass is 457 g/mol. The van der Waals surface area contributed by atoms with Crippen molar-refractivity contribution in [2.75, 3.05) is 10.2 Å². The van der Waals surface area contributed by atoms with Gasteiger partial charge in [0, 0.05) is 29.7 Å². The molecule has 0 spiro atoms. The molecule has 1 amide bonds. The Balaban J connectivity index is 1.51. The number of nitrogens with zero attached hydrogens (tertiary/aromatic N) is 3. The van der Waals surface area contributed by atoms with Crippen LogP contribution in [0.3, 0.4) is 0 Å². The molecule has 1 saturated carbocycles. The number of rotatable bonds is 9. The van der Waals surface area contributed by atoms with Crippen LogP contribution in [0.5, 0.6) is 0 Å². The second kappa shape index (κ2) is 9.48. The van der Waals surface area contributed by atoms with E-state index in [0.29, 0.717) is 17.1 Å². The van der Waals surface area contributed by atoms with Gasteiger partial charge < -0.3 is 16.0 Å². The van der Waals surface area contributed by atoms with Crippen molar-refractivity contribution in [3.8, 4) is 0 Å². The first-order valence-corrected chi connectivity index (χ1v) is 10.6. The van der Waals surface area contributed by atoms with Crippen molar-refractivity contribution in [3.05, 3.63) is 82.1 Å². The van der Waals surface area contributed by atoms with Crippen molar-refractivity contribution in [3.63, 3.8) is 0 Å². The molecule has 1 fully saturated rings. The van der Waals surface area contributed by atoms with E-state index < -0.39 is 17.5 Å². The number of carbonyl (C=O) groups excluding carboxylic acids is 1. The van der Waals surface area contributed by atoms with Gasteiger partial charge in [0.25, 0.3) is 0 Å². The van der Waals surface area contributed by atoms with Crippen molar-refractivity contribution in [2.45, 2.75) is 38.4 Å². The van der Waals surface area contributed by atoms with Gasteiger partial charge in [-0.05, 0) is 36.1 Å². The Bertz CT molecular complexity index is 1100. The number of amides is 1. The molecule has 4 rings (SSSR count). The van der Waals surface area contributed by atoms with Crippen LogP contribution >= 0.6 is 11.6 Å². The highest BCUT2D eigenvalue weighted by atomic mass is 35.5. The third-order valence-electron chi connectivity index (χ3n) is 5.28. The molecule has 0 unspecified atom stereocenters. The number of nitrogens with two attached hydrogens (primary N) is 1. The molecule has 0 bridgehead atoms. The van der Waals surface area contributed by atoms with E-state index >= 15 is 4.39 Å². The molecule has 0 atom stereocenters. The third-order valence-corrected chi connectivity index (χ3v) is 5.64. The number of halogens is 3. The molecule has 1 aliphatic carbocycles. The maximum atomic E-state index is 15.3. The van der Waals surface area contributed by atoms with E-state index in [1.807, 2.05) is 12.1 Å². The lowest BCUT2D eigenvalue weighted by atomic mass is 10.1. The molecule has 1 aromatic heterocycles. The van der Waals surface area contributed by atoms with Gasteiger partial charge in [0.15, 0.2) is 11.6 Å². The van der Waals surface area contributed by atoms with Crippen molar-refractivity contribution in [2.24, 2.45) is 5.73 Å². The first kappa shape index (κ1) is 22.0. The lowest BCUT2D eigenvalue weighted by Gasteiger charge is -2.25. The third kappa shape index (κ3) is 5.13. The molecule has 1 heterocycles. The largest absolute Gasteiger partial charge is 0.369 e. The van der Waals surface area contributed by atoms with Crippen LogP contribution in [0.15, 0.2) is 48.8 Å². The summed E-state index contributed by atoms with van der Waals surface area (Å²) in [5.41, 5.74) is 7.21. The van der Waals surface area contributed by atoms with E-state index in [9.17, 15) is 9.18 Å². The van der Waals surface area contributed by atoms with E-state index in [1.54, 1.807) is 23.1 Å². The van der Waals surface area contributed by atoms with Crippen LogP contribution < -0.4 is 16.0 Å². The van der Waals surface area contributed by atoms with Gasteiger partial charge in [0.2, 0.25) is 11.7 Å². The van der Waals surface area contributed by atoms with Gasteiger partial charge in [0.1, 0.15) is 12.1 Å². The number of benzene rings is 2. The Morgan fingerprint density at radius 3 is 2.50 bits per heavy atom. The smallest absolute Gasteiger partial charge is 0.221 e. The van der Waals surface area contributed by atoms with Gasteiger partial charge in [0.05, 0.1) is 6.42 Å². The molecule has 9 heteroatoms. The number of anilines is 2. The predicted molar refractivity (Wildman–Crippen MR) is 119 cm³/mol. The van der Waals surface area contributed by atoms with Gasteiger partial charge in [-0.25, -0.2) is 14.4 Å². The fourth-order valence-corrected chi connectivity index (χ4v) is 3.69. The van der Waals surface area contributed by atoms with Gasteiger partial charge in [-0.2, -0.15) is 4.39 Å². The first-order chi connectivity index (χ1) is 15.4. The van der Waals surface area contributed by atoms with E-state index in [4.69, 9.17) is 17.3 Å². The number of hydrogen-bond acceptors (Lipinski definition) is 5. The Kier molecular flexibility index (Phi) is 6.50. The van der Waals surface area contributed by atoms with Crippen LogP contribution in [0, 0.1) is 11.6 Å². The summed E-state index contributed by atoms with van der Waals surface area (Å²) in [5.74, 6) is -1.26. The minimum absolute atomic E-state index is 0.0569. The maximum Gasteiger partial charge on any atom is 0.221 e. The molecule has 166 valence electrons. The van der Waals surface area contributed by atoms with E-state index in [1.165, 1.54) is 18.5 Å². The minimum Gasteiger partial charge on any atom is -0.369 e. The second-order valence-corrected chi connectivity index (χ2v) is 8.14. The Labute approximate surface area is 189 Å². The van der Waals surface area contributed by atoms with Gasteiger partial charge in [-0.3, -0.25) is 4.79 Å². The Morgan fingerprint density at radius 1 is 1.12 bits per heavy atom. The van der Waals surface area contributed by atoms with Crippen LogP contribution in [0.2, 0.25) is 5.02 Å². The standard InChI is InChI=1S/C23H22ClF2N5O/c24-18-2-1-3-19(25)17(18)12-31(16-8-9-16)23-21(26)22(29-13-30-23)28-11-15-6-4-14(5-7-15)10-20(27)32/h1-7,13,16H,8-12H2,(H2,27,32)(H,28,29,30). The summed E-state index contributed by atoms with van der Waals surface area (Å²) in [7, 11) is 0. The fraction of sp³-hybridized carbons (Fsp3) is 0.261. The zero-order valence-corrected chi connectivity index (χ0v) is 17.9. The topological polar surface area (TPSA) is 84.1 Å². The molecule has 3 N–H and O–H groups in total. The van der Waals surface area contributed by atoms with Crippen LogP contribution in [-0.4, -0.2) is 21.9 Å². The minimum atomic E-state index is -0.600. The highest BCUT2D eigenvalue weighted by Gasteiger charge is 2.33. The van der Waals surface area contributed by atoms with Crippen LogP contribution in [0.4, 0.5) is 20.4 Å². The Hall–Kier alpha value is -3.26. The summed E-state index contributed by atoms with van der Waals surface area (Å²) in [6.45, 7) is 0.442. The van der Waals surface area contributed by atoms with E-state index in [0.717, 1.165) is 24.0 Å². The average Bonchev–Trinajstić information content (AvgIpc) is 3.59. The molecule has 6 nitrogen and oxygen atoms in total. The van der Waals surface area contributed by atoms with Crippen LogP contribution in [0.25, 0.3) is 0 Å². The van der Waals surface area contributed by atoms with Crippen molar-refractivity contribution in [1.82, 2.24) is 9.97 Å². The van der Waals surface area contributed by atoms with Crippen molar-refractivity contribution < 1.29 is 13.6 Å². The van der Waals surface area contributed by atoms with Gasteiger partial charge in [-0.15, -0.1) is 0 Å². The second-order valence-electron chi connectivity index (χ2n) is 7.73. The zero-order valence-electron chi connectivity index (χ0n) is 17.2. The van der Waals surface area contributed by atoms with Gasteiger partial charge in [-0.1, -0.05) is 41.9 Å². The Morgan fingerprint density at radius 2 is 1.84 bits per heavy atom. The molecule has 3 aromatic rings. The summed E-state index contributed by atoms with van der Waals surface area (Å²) in [6.07, 6.45) is 3.20. The highest BCUT2D eigenvalue weighted by Crippen LogP contribution is 2.36. The number of aromatic nitrogens is 2. The van der Waals surface area contributed by atoms with Crippen LogP contribution in [0.1, 0.15) is 29.5 Å². The van der Waals surface area contributed by atoms with Gasteiger partial charge >= 0.3 is 0 Å². The normalized spacial score (nSPS) is 13.1. The number of hydrogen-bond donors (Lipinski definition) is 2. The maximum absolute atomic E-state index is 15.3. The average molecular weight is 458 g/mol. The summed E-state index contributed by atoms with van der Waals surface area (Å²) in [4.78, 5) is 20.9. The molecule has 0 radical (unpaired) electrons. The molecular formula is C23H22ClF2N5O. The molecule has 1 aliphatic rings. The van der Waals surface area contributed by atoms with Crippen molar-refractivity contribution in [1.29, 1.82) is 0 Å². The lowest BCUT2D eigenvalue weighted by Crippen LogP contribution is -2.28. The molecule has 2 aromatic carbocycles. The predicted octanol–water partition coefficient (Wildman–Crippen LogP) is 4.22. The highest BCUT2D eigenvalue weighted by molar-refractivity contribution is 6.31. The van der Waals surface area contributed by atoms with E-state index in [-0.39, 0.29) is 30.6 Å². The zero-order chi connectivity index (χ0) is 22.7. The molecule has 0 saturated heterocycles. The fourth-order valence-electron chi connectivity index (χ4n) is 3.46. The van der Waals surface area contributed by atoms with E-state index in [2.05, 4.69) is 15.3 Å². The summed E-state index contributed by atoms with van der Waals surface area (Å²) in [6, 6.07) is 11.8. The number of nitrogens with one attached hydrogen (secondary N) is 1. The molecule has 32 heavy (non-hydrogen) atoms. The number of carbonyl (C=O) groups is 1. The first-order valence-electron chi connectivity index (χ1n) is 10.2.